The highest BCUT2D eigenvalue weighted by molar-refractivity contribution is 6.16. The molecule has 1 atom stereocenters. The smallest absolute Gasteiger partial charge is 0.277 e. The first-order valence-electron chi connectivity index (χ1n) is 7.56. The van der Waals surface area contributed by atoms with Crippen molar-refractivity contribution in [2.24, 2.45) is 23.7 Å². The molecule has 112 valence electrons. The third-order valence-electron chi connectivity index (χ3n) is 4.53. The Hall–Kier alpha value is -1.39. The number of hydrogen-bond donors (Lipinski definition) is 1. The minimum Gasteiger partial charge on any atom is -0.277 e. The molecular formula is C15H24N2O3. The molecule has 0 aromatic carbocycles. The van der Waals surface area contributed by atoms with Crippen LogP contribution in [0.4, 0.5) is 4.79 Å². The monoisotopic (exact) mass is 280 g/mol. The molecule has 2 fully saturated rings. The van der Waals surface area contributed by atoms with Crippen LogP contribution >= 0.6 is 0 Å². The summed E-state index contributed by atoms with van der Waals surface area (Å²) in [4.78, 5) is 37.3. The van der Waals surface area contributed by atoms with Crippen LogP contribution in [0.15, 0.2) is 0 Å². The van der Waals surface area contributed by atoms with E-state index in [2.05, 4.69) is 12.2 Å². The minimum atomic E-state index is -0.727. The number of barbiturate groups is 1. The molecule has 2 rings (SSSR count). The predicted octanol–water partition coefficient (Wildman–Crippen LogP) is 2.16. The van der Waals surface area contributed by atoms with Crippen LogP contribution in [0.2, 0.25) is 0 Å². The van der Waals surface area contributed by atoms with Crippen LogP contribution in [0.3, 0.4) is 0 Å². The zero-order valence-electron chi connectivity index (χ0n) is 12.5. The van der Waals surface area contributed by atoms with E-state index in [-0.39, 0.29) is 11.8 Å². The van der Waals surface area contributed by atoms with Crippen molar-refractivity contribution < 1.29 is 14.4 Å². The Labute approximate surface area is 120 Å². The average molecular weight is 280 g/mol. The van der Waals surface area contributed by atoms with Crippen molar-refractivity contribution in [3.8, 4) is 0 Å². The standard InChI is InChI=1S/C15H24N2O3/c1-9(2)12-13(18)16-15(20)17(14(12)19)8-11-6-4-10(3)5-7-11/h9-12H,4-8H2,1-3H3,(H,16,18,20). The molecule has 0 aromatic heterocycles. The quantitative estimate of drug-likeness (QED) is 0.806. The Morgan fingerprint density at radius 1 is 1.15 bits per heavy atom. The number of hydrogen-bond acceptors (Lipinski definition) is 3. The fourth-order valence-electron chi connectivity index (χ4n) is 3.16. The molecule has 5 nitrogen and oxygen atoms in total. The van der Waals surface area contributed by atoms with Gasteiger partial charge in [0.05, 0.1) is 0 Å². The summed E-state index contributed by atoms with van der Waals surface area (Å²) < 4.78 is 0. The van der Waals surface area contributed by atoms with Gasteiger partial charge in [-0.3, -0.25) is 19.8 Å². The topological polar surface area (TPSA) is 66.5 Å². The van der Waals surface area contributed by atoms with Crippen LogP contribution in [0.1, 0.15) is 46.5 Å². The van der Waals surface area contributed by atoms with E-state index in [9.17, 15) is 14.4 Å². The lowest BCUT2D eigenvalue weighted by atomic mass is 9.82. The Balaban J connectivity index is 2.04. The van der Waals surface area contributed by atoms with Crippen molar-refractivity contribution in [2.45, 2.75) is 46.5 Å². The molecule has 1 N–H and O–H groups in total. The Morgan fingerprint density at radius 3 is 2.30 bits per heavy atom. The van der Waals surface area contributed by atoms with E-state index in [1.165, 1.54) is 4.90 Å². The van der Waals surface area contributed by atoms with Gasteiger partial charge >= 0.3 is 6.03 Å². The highest BCUT2D eigenvalue weighted by atomic mass is 16.2. The van der Waals surface area contributed by atoms with Crippen LogP contribution in [-0.4, -0.2) is 29.3 Å². The fourth-order valence-corrected chi connectivity index (χ4v) is 3.16. The number of amides is 4. The van der Waals surface area contributed by atoms with Gasteiger partial charge in [-0.15, -0.1) is 0 Å². The molecule has 1 aliphatic heterocycles. The Kier molecular flexibility index (Phi) is 4.45. The number of carbonyl (C=O) groups is 3. The summed E-state index contributed by atoms with van der Waals surface area (Å²) in [6, 6.07) is -0.546. The van der Waals surface area contributed by atoms with Gasteiger partial charge in [-0.2, -0.15) is 0 Å². The first kappa shape index (κ1) is 15.0. The van der Waals surface area contributed by atoms with Crippen molar-refractivity contribution in [1.82, 2.24) is 10.2 Å². The van der Waals surface area contributed by atoms with Crippen molar-refractivity contribution in [3.05, 3.63) is 0 Å². The lowest BCUT2D eigenvalue weighted by Gasteiger charge is -2.35. The largest absolute Gasteiger partial charge is 0.330 e. The summed E-state index contributed by atoms with van der Waals surface area (Å²) in [5.74, 6) is -0.486. The summed E-state index contributed by atoms with van der Waals surface area (Å²) in [6.45, 7) is 6.35. The van der Waals surface area contributed by atoms with E-state index in [1.807, 2.05) is 13.8 Å². The summed E-state index contributed by atoms with van der Waals surface area (Å²) in [5.41, 5.74) is 0. The second-order valence-electron chi connectivity index (χ2n) is 6.59. The highest BCUT2D eigenvalue weighted by Gasteiger charge is 2.42. The lowest BCUT2D eigenvalue weighted by Crippen LogP contribution is -2.60. The van der Waals surface area contributed by atoms with Gasteiger partial charge in [-0.05, 0) is 30.6 Å². The molecule has 2 aliphatic rings. The van der Waals surface area contributed by atoms with E-state index in [1.54, 1.807) is 0 Å². The Bertz CT molecular complexity index is 411. The fraction of sp³-hybridized carbons (Fsp3) is 0.800. The van der Waals surface area contributed by atoms with E-state index < -0.39 is 17.9 Å². The third kappa shape index (κ3) is 3.02. The van der Waals surface area contributed by atoms with Gasteiger partial charge in [0.15, 0.2) is 0 Å². The normalized spacial score (nSPS) is 31.7. The summed E-state index contributed by atoms with van der Waals surface area (Å²) >= 11 is 0. The van der Waals surface area contributed by atoms with Gasteiger partial charge in [0.1, 0.15) is 5.92 Å². The van der Waals surface area contributed by atoms with Gasteiger partial charge < -0.3 is 0 Å². The highest BCUT2D eigenvalue weighted by Crippen LogP contribution is 2.30. The summed E-state index contributed by atoms with van der Waals surface area (Å²) in [5, 5.41) is 2.32. The van der Waals surface area contributed by atoms with Crippen LogP contribution in [0.5, 0.6) is 0 Å². The first-order chi connectivity index (χ1) is 9.40. The van der Waals surface area contributed by atoms with Crippen LogP contribution in [0.25, 0.3) is 0 Å². The molecule has 0 radical (unpaired) electrons. The third-order valence-corrected chi connectivity index (χ3v) is 4.53. The number of carbonyl (C=O) groups excluding carboxylic acids is 3. The number of nitrogens with one attached hydrogen (secondary N) is 1. The van der Waals surface area contributed by atoms with Crippen LogP contribution in [0, 0.1) is 23.7 Å². The Morgan fingerprint density at radius 2 is 1.75 bits per heavy atom. The first-order valence-corrected chi connectivity index (χ1v) is 7.56. The second kappa shape index (κ2) is 5.94. The minimum absolute atomic E-state index is 0.0931. The van der Waals surface area contributed by atoms with Crippen molar-refractivity contribution in [2.75, 3.05) is 6.54 Å². The maximum absolute atomic E-state index is 12.4. The number of imide groups is 2. The molecule has 0 spiro atoms. The molecule has 1 aliphatic carbocycles. The van der Waals surface area contributed by atoms with Crippen molar-refractivity contribution >= 4 is 17.8 Å². The molecule has 1 unspecified atom stereocenters. The number of urea groups is 1. The molecule has 20 heavy (non-hydrogen) atoms. The molecular weight excluding hydrogens is 256 g/mol. The zero-order chi connectivity index (χ0) is 14.9. The maximum Gasteiger partial charge on any atom is 0.330 e. The van der Waals surface area contributed by atoms with E-state index in [0.717, 1.165) is 31.6 Å². The SMILES string of the molecule is CC1CCC(CN2C(=O)NC(=O)C(C(C)C)C2=O)CC1. The van der Waals surface area contributed by atoms with E-state index in [0.29, 0.717) is 12.5 Å². The number of nitrogens with zero attached hydrogens (tertiary/aromatic N) is 1. The second-order valence-corrected chi connectivity index (χ2v) is 6.59. The van der Waals surface area contributed by atoms with Gasteiger partial charge in [-0.1, -0.05) is 33.6 Å². The lowest BCUT2D eigenvalue weighted by molar-refractivity contribution is -0.145. The summed E-state index contributed by atoms with van der Waals surface area (Å²) in [6.07, 6.45) is 4.42. The predicted molar refractivity (Wildman–Crippen MR) is 74.7 cm³/mol. The molecule has 4 amide bonds. The van der Waals surface area contributed by atoms with E-state index >= 15 is 0 Å². The maximum atomic E-state index is 12.4. The molecule has 5 heteroatoms. The number of rotatable bonds is 3. The summed E-state index contributed by atoms with van der Waals surface area (Å²) in [7, 11) is 0. The molecule has 1 saturated heterocycles. The molecule has 0 bridgehead atoms. The van der Waals surface area contributed by atoms with E-state index in [4.69, 9.17) is 0 Å². The van der Waals surface area contributed by atoms with Gasteiger partial charge in [0.2, 0.25) is 11.8 Å². The zero-order valence-corrected chi connectivity index (χ0v) is 12.5. The van der Waals surface area contributed by atoms with Crippen molar-refractivity contribution in [1.29, 1.82) is 0 Å². The van der Waals surface area contributed by atoms with Crippen LogP contribution < -0.4 is 5.32 Å². The van der Waals surface area contributed by atoms with Gasteiger partial charge in [-0.25, -0.2) is 4.79 Å². The molecule has 1 saturated carbocycles. The average Bonchev–Trinajstić information content (AvgIpc) is 2.36. The molecule has 0 aromatic rings. The van der Waals surface area contributed by atoms with Crippen LogP contribution in [-0.2, 0) is 9.59 Å². The van der Waals surface area contributed by atoms with Gasteiger partial charge in [0, 0.05) is 6.54 Å². The van der Waals surface area contributed by atoms with Crippen molar-refractivity contribution in [3.63, 3.8) is 0 Å². The molecule has 1 heterocycles. The van der Waals surface area contributed by atoms with Gasteiger partial charge in [0.25, 0.3) is 0 Å².